The highest BCUT2D eigenvalue weighted by Crippen LogP contribution is 2.33. The van der Waals surface area contributed by atoms with Gasteiger partial charge in [0.25, 0.3) is 5.91 Å². The van der Waals surface area contributed by atoms with Crippen molar-refractivity contribution in [3.8, 4) is 0 Å². The van der Waals surface area contributed by atoms with E-state index in [1.807, 2.05) is 31.2 Å². The highest BCUT2D eigenvalue weighted by molar-refractivity contribution is 8.00. The SMILES string of the molecule is Cc1nnc(SCc2c(C(=O)NCCCC3CCCC3)oc3ccccc23)s1. The normalized spacial score (nSPS) is 14.8. The Morgan fingerprint density at radius 3 is 2.89 bits per heavy atom. The number of aromatic nitrogens is 2. The number of carbonyl (C=O) groups excluding carboxylic acids is 1. The summed E-state index contributed by atoms with van der Waals surface area (Å²) in [7, 11) is 0. The van der Waals surface area contributed by atoms with E-state index >= 15 is 0 Å². The summed E-state index contributed by atoms with van der Waals surface area (Å²) in [6.07, 6.45) is 7.68. The molecular formula is C21H25N3O2S2. The Morgan fingerprint density at radius 1 is 1.29 bits per heavy atom. The first-order chi connectivity index (χ1) is 13.7. The number of para-hydroxylation sites is 1. The molecule has 1 N–H and O–H groups in total. The molecule has 1 fully saturated rings. The van der Waals surface area contributed by atoms with Gasteiger partial charge in [-0.2, -0.15) is 0 Å². The van der Waals surface area contributed by atoms with Gasteiger partial charge in [0, 0.05) is 23.2 Å². The zero-order chi connectivity index (χ0) is 19.3. The Labute approximate surface area is 173 Å². The summed E-state index contributed by atoms with van der Waals surface area (Å²) >= 11 is 3.16. The maximum Gasteiger partial charge on any atom is 0.287 e. The molecule has 2 aromatic heterocycles. The molecule has 0 saturated heterocycles. The average Bonchev–Trinajstić information content (AvgIpc) is 3.43. The van der Waals surface area contributed by atoms with Crippen molar-refractivity contribution >= 4 is 40.0 Å². The van der Waals surface area contributed by atoms with Gasteiger partial charge >= 0.3 is 0 Å². The number of fused-ring (bicyclic) bond motifs is 1. The van der Waals surface area contributed by atoms with Crippen molar-refractivity contribution < 1.29 is 9.21 Å². The summed E-state index contributed by atoms with van der Waals surface area (Å²) in [5.41, 5.74) is 1.68. The first-order valence-corrected chi connectivity index (χ1v) is 11.7. The molecule has 5 nitrogen and oxygen atoms in total. The van der Waals surface area contributed by atoms with Crippen molar-refractivity contribution in [3.05, 3.63) is 40.6 Å². The van der Waals surface area contributed by atoms with Gasteiger partial charge in [0.1, 0.15) is 10.6 Å². The summed E-state index contributed by atoms with van der Waals surface area (Å²) < 4.78 is 6.84. The molecule has 0 atom stereocenters. The van der Waals surface area contributed by atoms with Crippen molar-refractivity contribution in [2.24, 2.45) is 5.92 Å². The van der Waals surface area contributed by atoms with Crippen molar-refractivity contribution in [1.29, 1.82) is 0 Å². The molecule has 0 bridgehead atoms. The molecule has 1 aliphatic carbocycles. The van der Waals surface area contributed by atoms with E-state index in [0.717, 1.165) is 38.2 Å². The van der Waals surface area contributed by atoms with Crippen LogP contribution >= 0.6 is 23.1 Å². The van der Waals surface area contributed by atoms with E-state index in [1.165, 1.54) is 32.1 Å². The Kier molecular flexibility index (Phi) is 6.32. The van der Waals surface area contributed by atoms with Crippen LogP contribution < -0.4 is 5.32 Å². The lowest BCUT2D eigenvalue weighted by Gasteiger charge is -2.09. The van der Waals surface area contributed by atoms with Crippen molar-refractivity contribution in [2.45, 2.75) is 55.5 Å². The lowest BCUT2D eigenvalue weighted by Crippen LogP contribution is -2.25. The zero-order valence-corrected chi connectivity index (χ0v) is 17.7. The average molecular weight is 416 g/mol. The van der Waals surface area contributed by atoms with Gasteiger partial charge < -0.3 is 9.73 Å². The highest BCUT2D eigenvalue weighted by atomic mass is 32.2. The predicted octanol–water partition coefficient (Wildman–Crippen LogP) is 5.59. The Bertz CT molecular complexity index is 944. The minimum absolute atomic E-state index is 0.119. The van der Waals surface area contributed by atoms with Crippen LogP contribution in [0.15, 0.2) is 33.0 Å². The van der Waals surface area contributed by atoms with Crippen molar-refractivity contribution in [3.63, 3.8) is 0 Å². The molecule has 7 heteroatoms. The first-order valence-electron chi connectivity index (χ1n) is 9.92. The lowest BCUT2D eigenvalue weighted by molar-refractivity contribution is 0.0926. The second-order valence-electron chi connectivity index (χ2n) is 7.33. The number of rotatable bonds is 8. The van der Waals surface area contributed by atoms with Crippen LogP contribution in [0.4, 0.5) is 0 Å². The minimum atomic E-state index is -0.119. The largest absolute Gasteiger partial charge is 0.451 e. The van der Waals surface area contributed by atoms with Gasteiger partial charge in [-0.05, 0) is 31.7 Å². The summed E-state index contributed by atoms with van der Waals surface area (Å²) in [6, 6.07) is 7.83. The number of thioether (sulfide) groups is 1. The number of furan rings is 1. The molecule has 0 unspecified atom stereocenters. The second kappa shape index (κ2) is 9.09. The van der Waals surface area contributed by atoms with Gasteiger partial charge in [-0.1, -0.05) is 67.0 Å². The number of carbonyl (C=O) groups is 1. The Balaban J connectivity index is 1.43. The molecule has 0 aliphatic heterocycles. The molecule has 4 rings (SSSR count). The number of hydrogen-bond donors (Lipinski definition) is 1. The number of aryl methyl sites for hydroxylation is 1. The third-order valence-corrected chi connectivity index (χ3v) is 7.30. The van der Waals surface area contributed by atoms with E-state index < -0.39 is 0 Å². The number of hydrogen-bond acceptors (Lipinski definition) is 6. The molecule has 1 amide bonds. The molecule has 2 heterocycles. The van der Waals surface area contributed by atoms with E-state index in [2.05, 4.69) is 15.5 Å². The Hall–Kier alpha value is -1.86. The van der Waals surface area contributed by atoms with Crippen LogP contribution in [0.3, 0.4) is 0 Å². The van der Waals surface area contributed by atoms with E-state index in [-0.39, 0.29) is 5.91 Å². The zero-order valence-electron chi connectivity index (χ0n) is 16.1. The predicted molar refractivity (Wildman–Crippen MR) is 114 cm³/mol. The van der Waals surface area contributed by atoms with Crippen LogP contribution in [0.25, 0.3) is 11.0 Å². The summed E-state index contributed by atoms with van der Waals surface area (Å²) in [5.74, 6) is 1.80. The van der Waals surface area contributed by atoms with Crippen LogP contribution in [-0.2, 0) is 5.75 Å². The van der Waals surface area contributed by atoms with E-state index in [0.29, 0.717) is 18.1 Å². The van der Waals surface area contributed by atoms with Gasteiger partial charge in [0.05, 0.1) is 0 Å². The molecule has 1 aromatic carbocycles. The van der Waals surface area contributed by atoms with Crippen LogP contribution in [0, 0.1) is 12.8 Å². The molecule has 0 radical (unpaired) electrons. The fourth-order valence-corrected chi connectivity index (χ4v) is 5.71. The summed E-state index contributed by atoms with van der Waals surface area (Å²) in [4.78, 5) is 12.8. The molecular weight excluding hydrogens is 390 g/mol. The van der Waals surface area contributed by atoms with Gasteiger partial charge in [-0.15, -0.1) is 10.2 Å². The van der Waals surface area contributed by atoms with Gasteiger partial charge in [-0.3, -0.25) is 4.79 Å². The monoisotopic (exact) mass is 415 g/mol. The smallest absolute Gasteiger partial charge is 0.287 e. The molecule has 28 heavy (non-hydrogen) atoms. The van der Waals surface area contributed by atoms with E-state index in [1.54, 1.807) is 23.1 Å². The molecule has 1 aliphatic rings. The third-order valence-electron chi connectivity index (χ3n) is 5.30. The van der Waals surface area contributed by atoms with Crippen molar-refractivity contribution in [2.75, 3.05) is 6.54 Å². The summed E-state index contributed by atoms with van der Waals surface area (Å²) in [6.45, 7) is 2.65. The standard InChI is InChI=1S/C21H25N3O2S2/c1-14-23-24-21(28-14)27-13-17-16-10-4-5-11-18(16)26-19(17)20(25)22-12-6-9-15-7-2-3-8-15/h4-5,10-11,15H,2-3,6-9,12-13H2,1H3,(H,22,25). The third kappa shape index (κ3) is 4.58. The maximum atomic E-state index is 12.8. The number of amides is 1. The highest BCUT2D eigenvalue weighted by Gasteiger charge is 2.21. The van der Waals surface area contributed by atoms with Crippen LogP contribution in [0.5, 0.6) is 0 Å². The number of nitrogens with zero attached hydrogens (tertiary/aromatic N) is 2. The molecule has 148 valence electrons. The maximum absolute atomic E-state index is 12.8. The van der Waals surface area contributed by atoms with Crippen LogP contribution in [0.1, 0.15) is 59.7 Å². The fraction of sp³-hybridized carbons (Fsp3) is 0.476. The lowest BCUT2D eigenvalue weighted by atomic mass is 10.0. The number of nitrogens with one attached hydrogen (secondary N) is 1. The fourth-order valence-electron chi connectivity index (χ4n) is 3.87. The van der Waals surface area contributed by atoms with Gasteiger partial charge in [-0.25, -0.2) is 0 Å². The molecule has 3 aromatic rings. The minimum Gasteiger partial charge on any atom is -0.451 e. The molecule has 0 spiro atoms. The first kappa shape index (κ1) is 19.5. The summed E-state index contributed by atoms with van der Waals surface area (Å²) in [5, 5.41) is 13.2. The molecule has 1 saturated carbocycles. The topological polar surface area (TPSA) is 68.0 Å². The second-order valence-corrected chi connectivity index (χ2v) is 9.73. The van der Waals surface area contributed by atoms with E-state index in [9.17, 15) is 4.79 Å². The quantitative estimate of drug-likeness (QED) is 0.384. The van der Waals surface area contributed by atoms with Crippen LogP contribution in [0.2, 0.25) is 0 Å². The van der Waals surface area contributed by atoms with Gasteiger partial charge in [0.2, 0.25) is 0 Å². The van der Waals surface area contributed by atoms with Crippen LogP contribution in [-0.4, -0.2) is 22.6 Å². The van der Waals surface area contributed by atoms with Crippen molar-refractivity contribution in [1.82, 2.24) is 15.5 Å². The van der Waals surface area contributed by atoms with Gasteiger partial charge in [0.15, 0.2) is 10.1 Å². The Morgan fingerprint density at radius 2 is 2.11 bits per heavy atom. The van der Waals surface area contributed by atoms with E-state index in [4.69, 9.17) is 4.42 Å². The number of benzene rings is 1.